The molecule has 74 valence electrons. The van der Waals surface area contributed by atoms with Crippen LogP contribution < -0.4 is 5.73 Å². The van der Waals surface area contributed by atoms with Crippen LogP contribution >= 0.6 is 0 Å². The van der Waals surface area contributed by atoms with Crippen LogP contribution in [0.3, 0.4) is 0 Å². The first-order chi connectivity index (χ1) is 6.13. The zero-order valence-corrected chi connectivity index (χ0v) is 8.75. The fraction of sp³-hybridized carbons (Fsp3) is 0.700. The van der Waals surface area contributed by atoms with Gasteiger partial charge in [-0.1, -0.05) is 20.3 Å². The van der Waals surface area contributed by atoms with Crippen molar-refractivity contribution in [3.05, 3.63) is 11.8 Å². The molecule has 0 saturated heterocycles. The van der Waals surface area contributed by atoms with Crippen LogP contribution in [-0.2, 0) is 6.54 Å². The van der Waals surface area contributed by atoms with Gasteiger partial charge in [0.1, 0.15) is 5.82 Å². The highest BCUT2D eigenvalue weighted by Gasteiger charge is 2.05. The first-order valence-corrected chi connectivity index (χ1v) is 4.93. The summed E-state index contributed by atoms with van der Waals surface area (Å²) in [6.45, 7) is 7.49. The fourth-order valence-corrected chi connectivity index (χ4v) is 1.60. The lowest BCUT2D eigenvalue weighted by molar-refractivity contribution is 0.416. The number of nitrogen functional groups attached to an aromatic ring is 1. The first kappa shape index (κ1) is 10.1. The van der Waals surface area contributed by atoms with Gasteiger partial charge in [-0.3, -0.25) is 4.68 Å². The summed E-state index contributed by atoms with van der Waals surface area (Å²) in [7, 11) is 0. The molecule has 0 aliphatic rings. The van der Waals surface area contributed by atoms with E-state index in [2.05, 4.69) is 18.9 Å². The van der Waals surface area contributed by atoms with Crippen LogP contribution in [0.1, 0.15) is 32.4 Å². The van der Waals surface area contributed by atoms with Crippen molar-refractivity contribution in [3.8, 4) is 0 Å². The van der Waals surface area contributed by atoms with Crippen molar-refractivity contribution in [2.75, 3.05) is 5.73 Å². The smallest absolute Gasteiger partial charge is 0.145 e. The Hall–Kier alpha value is -0.990. The molecule has 0 aliphatic heterocycles. The van der Waals surface area contributed by atoms with E-state index in [4.69, 9.17) is 5.73 Å². The molecule has 3 nitrogen and oxygen atoms in total. The molecule has 1 aromatic rings. The number of nitrogens with zero attached hydrogens (tertiary/aromatic N) is 2. The molecule has 0 saturated carbocycles. The minimum atomic E-state index is 0.626. The lowest BCUT2D eigenvalue weighted by Crippen LogP contribution is -2.10. The molecule has 1 aromatic heterocycles. The number of hydrogen-bond acceptors (Lipinski definition) is 2. The maximum absolute atomic E-state index is 5.60. The predicted molar refractivity (Wildman–Crippen MR) is 55.4 cm³/mol. The summed E-state index contributed by atoms with van der Waals surface area (Å²) in [5.74, 6) is 1.31. The SMILES string of the molecule is CCCC(C)Cn1nc(N)cc1C. The van der Waals surface area contributed by atoms with Gasteiger partial charge in [0.05, 0.1) is 0 Å². The van der Waals surface area contributed by atoms with Crippen molar-refractivity contribution in [2.24, 2.45) is 5.92 Å². The molecular weight excluding hydrogens is 162 g/mol. The Labute approximate surface area is 79.9 Å². The molecule has 13 heavy (non-hydrogen) atoms. The Morgan fingerprint density at radius 3 is 2.77 bits per heavy atom. The van der Waals surface area contributed by atoms with E-state index in [1.54, 1.807) is 0 Å². The largest absolute Gasteiger partial charge is 0.382 e. The topological polar surface area (TPSA) is 43.8 Å². The Morgan fingerprint density at radius 2 is 2.31 bits per heavy atom. The first-order valence-electron chi connectivity index (χ1n) is 4.93. The van der Waals surface area contributed by atoms with E-state index in [0.29, 0.717) is 11.7 Å². The number of aromatic nitrogens is 2. The van der Waals surface area contributed by atoms with Gasteiger partial charge in [0.15, 0.2) is 0 Å². The van der Waals surface area contributed by atoms with E-state index < -0.39 is 0 Å². The predicted octanol–water partition coefficient (Wildman–Crippen LogP) is 2.21. The van der Waals surface area contributed by atoms with Gasteiger partial charge in [-0.25, -0.2) is 0 Å². The minimum absolute atomic E-state index is 0.626. The Balaban J connectivity index is 2.57. The molecule has 0 aliphatic carbocycles. The summed E-state index contributed by atoms with van der Waals surface area (Å²) < 4.78 is 2.00. The van der Waals surface area contributed by atoms with Crippen LogP contribution in [0.5, 0.6) is 0 Å². The van der Waals surface area contributed by atoms with Gasteiger partial charge in [-0.05, 0) is 19.3 Å². The summed E-state index contributed by atoms with van der Waals surface area (Å²) in [4.78, 5) is 0. The normalized spacial score (nSPS) is 13.2. The molecule has 3 heteroatoms. The molecule has 1 atom stereocenters. The van der Waals surface area contributed by atoms with Crippen LogP contribution in [0.15, 0.2) is 6.07 Å². The quantitative estimate of drug-likeness (QED) is 0.774. The van der Waals surface area contributed by atoms with E-state index in [0.717, 1.165) is 12.2 Å². The van der Waals surface area contributed by atoms with Gasteiger partial charge in [0.25, 0.3) is 0 Å². The highest BCUT2D eigenvalue weighted by Crippen LogP contribution is 2.11. The molecule has 2 N–H and O–H groups in total. The number of hydrogen-bond donors (Lipinski definition) is 1. The zero-order chi connectivity index (χ0) is 9.84. The molecule has 0 amide bonds. The second kappa shape index (κ2) is 4.30. The number of anilines is 1. The molecule has 1 rings (SSSR count). The molecule has 0 bridgehead atoms. The van der Waals surface area contributed by atoms with E-state index in [-0.39, 0.29) is 0 Å². The van der Waals surface area contributed by atoms with E-state index in [1.807, 2.05) is 17.7 Å². The molecule has 0 fully saturated rings. The third kappa shape index (κ3) is 2.76. The Kier molecular flexibility index (Phi) is 3.34. The van der Waals surface area contributed by atoms with Crippen LogP contribution in [0.25, 0.3) is 0 Å². The summed E-state index contributed by atoms with van der Waals surface area (Å²) in [5, 5.41) is 4.23. The van der Waals surface area contributed by atoms with Crippen molar-refractivity contribution < 1.29 is 0 Å². The lowest BCUT2D eigenvalue weighted by atomic mass is 10.1. The van der Waals surface area contributed by atoms with Crippen molar-refractivity contribution in [2.45, 2.75) is 40.2 Å². The Bertz CT molecular complexity index is 265. The summed E-state index contributed by atoms with van der Waals surface area (Å²) >= 11 is 0. The van der Waals surface area contributed by atoms with Gasteiger partial charge in [0.2, 0.25) is 0 Å². The van der Waals surface area contributed by atoms with Crippen molar-refractivity contribution in [1.29, 1.82) is 0 Å². The van der Waals surface area contributed by atoms with E-state index in [9.17, 15) is 0 Å². The van der Waals surface area contributed by atoms with Gasteiger partial charge in [0, 0.05) is 18.3 Å². The highest BCUT2D eigenvalue weighted by molar-refractivity contribution is 5.28. The number of rotatable bonds is 4. The molecule has 1 heterocycles. The highest BCUT2D eigenvalue weighted by atomic mass is 15.3. The zero-order valence-electron chi connectivity index (χ0n) is 8.75. The number of aryl methyl sites for hydroxylation is 1. The third-order valence-electron chi connectivity index (χ3n) is 2.27. The van der Waals surface area contributed by atoms with Gasteiger partial charge in [-0.15, -0.1) is 0 Å². The van der Waals surface area contributed by atoms with Gasteiger partial charge >= 0.3 is 0 Å². The molecule has 0 radical (unpaired) electrons. The second-order valence-electron chi connectivity index (χ2n) is 3.79. The fourth-order valence-electron chi connectivity index (χ4n) is 1.60. The average Bonchev–Trinajstić information content (AvgIpc) is 2.30. The van der Waals surface area contributed by atoms with Crippen LogP contribution in [0.2, 0.25) is 0 Å². The summed E-state index contributed by atoms with van der Waals surface area (Å²) in [6.07, 6.45) is 2.48. The average molecular weight is 181 g/mol. The standard InChI is InChI=1S/C10H19N3/c1-4-5-8(2)7-13-9(3)6-10(11)12-13/h6,8H,4-5,7H2,1-3H3,(H2,11,12). The van der Waals surface area contributed by atoms with Crippen LogP contribution in [0.4, 0.5) is 5.82 Å². The Morgan fingerprint density at radius 1 is 1.62 bits per heavy atom. The van der Waals surface area contributed by atoms with Crippen LogP contribution in [0, 0.1) is 12.8 Å². The third-order valence-corrected chi connectivity index (χ3v) is 2.27. The molecule has 0 spiro atoms. The summed E-state index contributed by atoms with van der Waals surface area (Å²) in [5.41, 5.74) is 6.75. The maximum atomic E-state index is 5.60. The van der Waals surface area contributed by atoms with Crippen molar-refractivity contribution >= 4 is 5.82 Å². The summed E-state index contributed by atoms with van der Waals surface area (Å²) in [6, 6.07) is 1.92. The number of nitrogens with two attached hydrogens (primary N) is 1. The van der Waals surface area contributed by atoms with Gasteiger partial charge in [-0.2, -0.15) is 5.10 Å². The molecular formula is C10H19N3. The second-order valence-corrected chi connectivity index (χ2v) is 3.79. The van der Waals surface area contributed by atoms with Gasteiger partial charge < -0.3 is 5.73 Å². The monoisotopic (exact) mass is 181 g/mol. The van der Waals surface area contributed by atoms with E-state index in [1.165, 1.54) is 12.8 Å². The lowest BCUT2D eigenvalue weighted by Gasteiger charge is -2.11. The van der Waals surface area contributed by atoms with Crippen molar-refractivity contribution in [1.82, 2.24) is 9.78 Å². The maximum Gasteiger partial charge on any atom is 0.145 e. The minimum Gasteiger partial charge on any atom is -0.382 e. The van der Waals surface area contributed by atoms with Crippen LogP contribution in [-0.4, -0.2) is 9.78 Å². The molecule has 0 aromatic carbocycles. The van der Waals surface area contributed by atoms with E-state index >= 15 is 0 Å². The molecule has 1 unspecified atom stereocenters. The van der Waals surface area contributed by atoms with Crippen molar-refractivity contribution in [3.63, 3.8) is 0 Å².